The Hall–Kier alpha value is -1.61. The molecule has 0 aliphatic heterocycles. The lowest BCUT2D eigenvalue weighted by Crippen LogP contribution is -2.15. The Balaban J connectivity index is 3.15. The number of sulfonamides is 1. The Morgan fingerprint density at radius 1 is 1.60 bits per heavy atom. The number of nitriles is 1. The molecule has 0 spiro atoms. The lowest BCUT2D eigenvalue weighted by Gasteiger charge is -2.07. The van der Waals surface area contributed by atoms with E-state index in [0.29, 0.717) is 5.69 Å². The first-order chi connectivity index (χ1) is 6.98. The number of aryl methyl sites for hydroxylation is 1. The van der Waals surface area contributed by atoms with Crippen molar-refractivity contribution in [2.24, 2.45) is 0 Å². The van der Waals surface area contributed by atoms with Crippen molar-refractivity contribution in [3.63, 3.8) is 0 Å². The van der Waals surface area contributed by atoms with Crippen LogP contribution in [0.4, 0.5) is 5.69 Å². The average molecular weight is 225 g/mol. The second-order valence-electron chi connectivity index (χ2n) is 2.99. The van der Waals surface area contributed by atoms with E-state index in [9.17, 15) is 8.42 Å². The van der Waals surface area contributed by atoms with Crippen molar-refractivity contribution in [3.05, 3.63) is 23.5 Å². The van der Waals surface area contributed by atoms with Gasteiger partial charge in [-0.05, 0) is 19.9 Å². The van der Waals surface area contributed by atoms with E-state index < -0.39 is 10.0 Å². The Morgan fingerprint density at radius 2 is 2.27 bits per heavy atom. The highest BCUT2D eigenvalue weighted by Crippen LogP contribution is 2.16. The molecule has 0 fully saturated rings. The van der Waals surface area contributed by atoms with Crippen LogP contribution in [0.25, 0.3) is 0 Å². The maximum atomic E-state index is 11.3. The van der Waals surface area contributed by atoms with Gasteiger partial charge in [-0.25, -0.2) is 8.42 Å². The van der Waals surface area contributed by atoms with Gasteiger partial charge in [0.2, 0.25) is 10.0 Å². The van der Waals surface area contributed by atoms with Gasteiger partial charge in [-0.15, -0.1) is 0 Å². The molecule has 0 amide bonds. The molecular weight excluding hydrogens is 214 g/mol. The molecule has 0 aliphatic rings. The molecule has 5 nitrogen and oxygen atoms in total. The van der Waals surface area contributed by atoms with Gasteiger partial charge in [0.15, 0.2) is 0 Å². The largest absolute Gasteiger partial charge is 0.282 e. The van der Waals surface area contributed by atoms with Crippen LogP contribution in [-0.4, -0.2) is 19.2 Å². The van der Waals surface area contributed by atoms with E-state index in [0.717, 1.165) is 0 Å². The number of rotatable bonds is 3. The summed E-state index contributed by atoms with van der Waals surface area (Å²) in [6.07, 6.45) is 1.35. The maximum absolute atomic E-state index is 11.3. The van der Waals surface area contributed by atoms with Crippen molar-refractivity contribution < 1.29 is 8.42 Å². The molecular formula is C9H11N3O2S. The fourth-order valence-electron chi connectivity index (χ4n) is 0.973. The lowest BCUT2D eigenvalue weighted by atomic mass is 10.2. The number of pyridine rings is 1. The van der Waals surface area contributed by atoms with Gasteiger partial charge in [-0.1, -0.05) is 0 Å². The molecule has 1 rings (SSSR count). The minimum atomic E-state index is -3.35. The molecule has 1 aromatic heterocycles. The minimum Gasteiger partial charge on any atom is -0.282 e. The summed E-state index contributed by atoms with van der Waals surface area (Å²) >= 11 is 0. The SMILES string of the molecule is CCS(=O)(=O)Nc1cc(C)ncc1C#N. The Labute approximate surface area is 88.8 Å². The molecule has 0 saturated heterocycles. The standard InChI is InChI=1S/C9H11N3O2S/c1-3-15(13,14)12-9-4-7(2)11-6-8(9)5-10/h4,6H,3H2,1-2H3,(H,11,12). The van der Waals surface area contributed by atoms with Crippen LogP contribution >= 0.6 is 0 Å². The van der Waals surface area contributed by atoms with Crippen molar-refractivity contribution in [1.82, 2.24) is 4.98 Å². The molecule has 0 unspecified atom stereocenters. The zero-order chi connectivity index (χ0) is 11.5. The second-order valence-corrected chi connectivity index (χ2v) is 5.00. The fourth-order valence-corrected chi connectivity index (χ4v) is 1.62. The molecule has 0 atom stereocenters. The van der Waals surface area contributed by atoms with Crippen LogP contribution in [0.2, 0.25) is 0 Å². The van der Waals surface area contributed by atoms with Gasteiger partial charge in [0.05, 0.1) is 17.0 Å². The molecule has 1 aromatic rings. The maximum Gasteiger partial charge on any atom is 0.232 e. The van der Waals surface area contributed by atoms with Crippen molar-refractivity contribution >= 4 is 15.7 Å². The normalized spacial score (nSPS) is 10.7. The summed E-state index contributed by atoms with van der Waals surface area (Å²) in [5.41, 5.74) is 1.16. The third-order valence-corrected chi connectivity index (χ3v) is 3.10. The van der Waals surface area contributed by atoms with E-state index in [1.807, 2.05) is 6.07 Å². The second kappa shape index (κ2) is 4.28. The molecule has 6 heteroatoms. The lowest BCUT2D eigenvalue weighted by molar-refractivity contribution is 0.602. The van der Waals surface area contributed by atoms with Crippen LogP contribution in [0.5, 0.6) is 0 Å². The van der Waals surface area contributed by atoms with Gasteiger partial charge in [-0.2, -0.15) is 5.26 Å². The first-order valence-corrected chi connectivity index (χ1v) is 6.01. The summed E-state index contributed by atoms with van der Waals surface area (Å²) in [7, 11) is -3.35. The van der Waals surface area contributed by atoms with E-state index in [2.05, 4.69) is 9.71 Å². The van der Waals surface area contributed by atoms with Crippen LogP contribution in [0, 0.1) is 18.3 Å². The molecule has 1 N–H and O–H groups in total. The third kappa shape index (κ3) is 2.92. The minimum absolute atomic E-state index is 0.0285. The van der Waals surface area contributed by atoms with Crippen molar-refractivity contribution in [2.75, 3.05) is 10.5 Å². The van der Waals surface area contributed by atoms with Gasteiger partial charge < -0.3 is 0 Å². The summed E-state index contributed by atoms with van der Waals surface area (Å²) < 4.78 is 25.0. The number of hydrogen-bond acceptors (Lipinski definition) is 4. The highest BCUT2D eigenvalue weighted by atomic mass is 32.2. The van der Waals surface area contributed by atoms with Crippen LogP contribution in [0.3, 0.4) is 0 Å². The predicted octanol–water partition coefficient (Wildman–Crippen LogP) is 1.02. The molecule has 0 radical (unpaired) electrons. The Kier molecular flexibility index (Phi) is 3.27. The predicted molar refractivity (Wildman–Crippen MR) is 56.8 cm³/mol. The average Bonchev–Trinajstić information content (AvgIpc) is 2.18. The summed E-state index contributed by atoms with van der Waals surface area (Å²) in [6.45, 7) is 3.26. The van der Waals surface area contributed by atoms with Gasteiger partial charge in [-0.3, -0.25) is 9.71 Å². The molecule has 15 heavy (non-hydrogen) atoms. The van der Waals surface area contributed by atoms with Crippen molar-refractivity contribution in [1.29, 1.82) is 5.26 Å². The van der Waals surface area contributed by atoms with Gasteiger partial charge in [0.1, 0.15) is 6.07 Å². The number of hydrogen-bond donors (Lipinski definition) is 1. The van der Waals surface area contributed by atoms with Crippen LogP contribution < -0.4 is 4.72 Å². The first kappa shape index (κ1) is 11.5. The number of nitrogens with zero attached hydrogens (tertiary/aromatic N) is 2. The van der Waals surface area contributed by atoms with E-state index in [4.69, 9.17) is 5.26 Å². The quantitative estimate of drug-likeness (QED) is 0.832. The molecule has 0 bridgehead atoms. The Morgan fingerprint density at radius 3 is 2.80 bits per heavy atom. The van der Waals surface area contributed by atoms with E-state index in [1.165, 1.54) is 19.2 Å². The summed E-state index contributed by atoms with van der Waals surface area (Å²) in [6, 6.07) is 3.41. The summed E-state index contributed by atoms with van der Waals surface area (Å²) in [5.74, 6) is -0.0285. The molecule has 0 aliphatic carbocycles. The first-order valence-electron chi connectivity index (χ1n) is 4.35. The van der Waals surface area contributed by atoms with E-state index in [1.54, 1.807) is 6.92 Å². The number of anilines is 1. The van der Waals surface area contributed by atoms with E-state index in [-0.39, 0.29) is 17.0 Å². The van der Waals surface area contributed by atoms with Crippen molar-refractivity contribution in [3.8, 4) is 6.07 Å². The summed E-state index contributed by atoms with van der Waals surface area (Å²) in [4.78, 5) is 3.91. The van der Waals surface area contributed by atoms with Gasteiger partial charge in [0.25, 0.3) is 0 Å². The number of aromatic nitrogens is 1. The van der Waals surface area contributed by atoms with Crippen LogP contribution in [0.15, 0.2) is 12.3 Å². The van der Waals surface area contributed by atoms with Crippen LogP contribution in [0.1, 0.15) is 18.2 Å². The number of nitrogens with one attached hydrogen (secondary N) is 1. The molecule has 1 heterocycles. The topological polar surface area (TPSA) is 82.8 Å². The Bertz CT molecular complexity index is 503. The molecule has 0 saturated carbocycles. The fraction of sp³-hybridized carbons (Fsp3) is 0.333. The zero-order valence-electron chi connectivity index (χ0n) is 8.48. The third-order valence-electron chi connectivity index (χ3n) is 1.81. The highest BCUT2D eigenvalue weighted by Gasteiger charge is 2.10. The summed E-state index contributed by atoms with van der Waals surface area (Å²) in [5, 5.41) is 8.75. The zero-order valence-corrected chi connectivity index (χ0v) is 9.30. The smallest absolute Gasteiger partial charge is 0.232 e. The molecule has 80 valence electrons. The van der Waals surface area contributed by atoms with Crippen LogP contribution in [-0.2, 0) is 10.0 Å². The van der Waals surface area contributed by atoms with Gasteiger partial charge >= 0.3 is 0 Å². The van der Waals surface area contributed by atoms with E-state index >= 15 is 0 Å². The van der Waals surface area contributed by atoms with Crippen molar-refractivity contribution in [2.45, 2.75) is 13.8 Å². The highest BCUT2D eigenvalue weighted by molar-refractivity contribution is 7.92. The van der Waals surface area contributed by atoms with Gasteiger partial charge in [0, 0.05) is 11.9 Å². The monoisotopic (exact) mass is 225 g/mol. The molecule has 0 aromatic carbocycles.